The Hall–Kier alpha value is -2.58. The van der Waals surface area contributed by atoms with Gasteiger partial charge in [-0.15, -0.1) is 0 Å². The molecule has 2 N–H and O–H groups in total. The molecule has 5 nitrogen and oxygen atoms in total. The Bertz CT molecular complexity index is 980. The fourth-order valence-corrected chi connectivity index (χ4v) is 5.26. The lowest BCUT2D eigenvalue weighted by atomic mass is 9.72. The number of carboxylic acid groups (broad SMARTS) is 1. The van der Waals surface area contributed by atoms with E-state index in [4.69, 9.17) is 0 Å². The van der Waals surface area contributed by atoms with Crippen LogP contribution in [0, 0.1) is 0 Å². The lowest BCUT2D eigenvalue weighted by Gasteiger charge is -2.43. The Morgan fingerprint density at radius 1 is 0.941 bits per heavy atom. The van der Waals surface area contributed by atoms with Crippen molar-refractivity contribution < 1.29 is 28.2 Å². The largest absolute Gasteiger partial charge is 0.465 e. The van der Waals surface area contributed by atoms with Crippen LogP contribution in [-0.2, 0) is 6.18 Å². The minimum absolute atomic E-state index is 0.168. The van der Waals surface area contributed by atoms with E-state index in [9.17, 15) is 28.2 Å². The smallest absolute Gasteiger partial charge is 0.416 e. The number of aliphatic hydroxyl groups is 1. The average molecular weight is 477 g/mol. The topological polar surface area (TPSA) is 64.0 Å². The summed E-state index contributed by atoms with van der Waals surface area (Å²) in [4.78, 5) is 14.9. The molecule has 0 bridgehead atoms. The Labute approximate surface area is 197 Å². The summed E-state index contributed by atoms with van der Waals surface area (Å²) >= 11 is 0. The minimum Gasteiger partial charge on any atom is -0.465 e. The van der Waals surface area contributed by atoms with E-state index in [0.717, 1.165) is 42.5 Å². The second-order valence-electron chi connectivity index (χ2n) is 9.49. The van der Waals surface area contributed by atoms with Crippen LogP contribution in [0.1, 0.15) is 49.1 Å². The molecule has 1 saturated carbocycles. The molecule has 1 amide bonds. The Balaban J connectivity index is 1.59. The number of halogens is 3. The number of benzene rings is 2. The molecule has 0 spiro atoms. The number of alkyl halides is 3. The minimum atomic E-state index is -4.37. The Kier molecular flexibility index (Phi) is 7.19. The molecule has 0 radical (unpaired) electrons. The van der Waals surface area contributed by atoms with Gasteiger partial charge in [0.25, 0.3) is 0 Å². The summed E-state index contributed by atoms with van der Waals surface area (Å²) in [6.45, 7) is 2.70. The first kappa shape index (κ1) is 24.5. The predicted molar refractivity (Wildman–Crippen MR) is 124 cm³/mol. The third-order valence-electron chi connectivity index (χ3n) is 7.29. The Morgan fingerprint density at radius 2 is 1.59 bits per heavy atom. The number of nitrogens with zero attached hydrogens (tertiary/aromatic N) is 2. The fourth-order valence-electron chi connectivity index (χ4n) is 5.26. The summed E-state index contributed by atoms with van der Waals surface area (Å²) < 4.78 is 38.9. The Morgan fingerprint density at radius 3 is 2.18 bits per heavy atom. The van der Waals surface area contributed by atoms with E-state index in [0.29, 0.717) is 51.1 Å². The third-order valence-corrected chi connectivity index (χ3v) is 7.29. The predicted octanol–water partition coefficient (Wildman–Crippen LogP) is 5.45. The highest BCUT2D eigenvalue weighted by Crippen LogP contribution is 2.41. The van der Waals surface area contributed by atoms with Gasteiger partial charge in [-0.3, -0.25) is 4.90 Å². The van der Waals surface area contributed by atoms with Gasteiger partial charge in [0.1, 0.15) is 0 Å². The van der Waals surface area contributed by atoms with Crippen molar-refractivity contribution in [2.24, 2.45) is 0 Å². The van der Waals surface area contributed by atoms with E-state index in [1.807, 2.05) is 24.3 Å². The number of piperazine rings is 1. The van der Waals surface area contributed by atoms with Gasteiger partial charge in [-0.1, -0.05) is 55.7 Å². The second-order valence-corrected chi connectivity index (χ2v) is 9.49. The quantitative estimate of drug-likeness (QED) is 0.603. The van der Waals surface area contributed by atoms with E-state index < -0.39 is 23.4 Å². The molecule has 184 valence electrons. The molecule has 34 heavy (non-hydrogen) atoms. The highest BCUT2D eigenvalue weighted by molar-refractivity contribution is 5.65. The van der Waals surface area contributed by atoms with E-state index in [2.05, 4.69) is 4.90 Å². The number of hydrogen-bond acceptors (Lipinski definition) is 3. The van der Waals surface area contributed by atoms with Gasteiger partial charge in [0.05, 0.1) is 11.2 Å². The van der Waals surface area contributed by atoms with E-state index in [-0.39, 0.29) is 5.92 Å². The number of carbonyl (C=O) groups is 1. The number of rotatable bonds is 5. The molecule has 2 aromatic carbocycles. The molecule has 1 aliphatic carbocycles. The van der Waals surface area contributed by atoms with Crippen molar-refractivity contribution in [3.05, 3.63) is 59.7 Å². The van der Waals surface area contributed by atoms with Gasteiger partial charge in [0.15, 0.2) is 0 Å². The molecule has 2 aliphatic rings. The molecule has 0 aromatic heterocycles. The van der Waals surface area contributed by atoms with Crippen molar-refractivity contribution in [2.45, 2.75) is 49.8 Å². The SMILES string of the molecule is O=C(O)N1CCN(CC(c2cccc(-c3ccc(C(F)(F)F)cc3)c2)C2(O)CCCCC2)CC1. The molecule has 1 aliphatic heterocycles. The molecule has 1 atom stereocenters. The van der Waals surface area contributed by atoms with Gasteiger partial charge in [-0.2, -0.15) is 13.2 Å². The van der Waals surface area contributed by atoms with Crippen molar-refractivity contribution in [2.75, 3.05) is 32.7 Å². The molecule has 1 heterocycles. The summed E-state index contributed by atoms with van der Waals surface area (Å²) in [7, 11) is 0. The fraction of sp³-hybridized carbons (Fsp3) is 0.500. The van der Waals surface area contributed by atoms with Crippen molar-refractivity contribution >= 4 is 6.09 Å². The van der Waals surface area contributed by atoms with Crippen LogP contribution in [0.15, 0.2) is 48.5 Å². The normalized spacial score (nSPS) is 20.2. The van der Waals surface area contributed by atoms with E-state index in [1.165, 1.54) is 17.0 Å². The first-order valence-corrected chi connectivity index (χ1v) is 11.9. The maximum absolute atomic E-state index is 13.0. The molecule has 8 heteroatoms. The van der Waals surface area contributed by atoms with Crippen LogP contribution in [0.5, 0.6) is 0 Å². The zero-order valence-electron chi connectivity index (χ0n) is 19.1. The van der Waals surface area contributed by atoms with Gasteiger partial charge >= 0.3 is 12.3 Å². The first-order chi connectivity index (χ1) is 16.2. The molecular weight excluding hydrogens is 445 g/mol. The lowest BCUT2D eigenvalue weighted by molar-refractivity contribution is -0.137. The second kappa shape index (κ2) is 9.96. The summed E-state index contributed by atoms with van der Waals surface area (Å²) in [5.41, 5.74) is 0.927. The van der Waals surface area contributed by atoms with Crippen molar-refractivity contribution in [3.8, 4) is 11.1 Å². The maximum atomic E-state index is 13.0. The van der Waals surface area contributed by atoms with Crippen LogP contribution < -0.4 is 0 Å². The standard InChI is InChI=1S/C26H31F3N2O3/c27-26(28,29)22-9-7-19(8-10-22)20-5-4-6-21(17-20)23(25(34)11-2-1-3-12-25)18-30-13-15-31(16-14-30)24(32)33/h4-10,17,23,34H,1-3,11-16,18H2,(H,32,33). The van der Waals surface area contributed by atoms with Crippen LogP contribution in [0.2, 0.25) is 0 Å². The highest BCUT2D eigenvalue weighted by Gasteiger charge is 2.40. The zero-order valence-corrected chi connectivity index (χ0v) is 19.1. The van der Waals surface area contributed by atoms with Crippen LogP contribution >= 0.6 is 0 Å². The van der Waals surface area contributed by atoms with Gasteiger partial charge in [0, 0.05) is 38.6 Å². The first-order valence-electron chi connectivity index (χ1n) is 11.9. The highest BCUT2D eigenvalue weighted by atomic mass is 19.4. The zero-order chi connectivity index (χ0) is 24.3. The van der Waals surface area contributed by atoms with E-state index in [1.54, 1.807) is 0 Å². The van der Waals surface area contributed by atoms with Crippen molar-refractivity contribution in [1.29, 1.82) is 0 Å². The summed E-state index contributed by atoms with van der Waals surface area (Å²) in [6, 6.07) is 12.9. The maximum Gasteiger partial charge on any atom is 0.416 e. The van der Waals surface area contributed by atoms with Crippen LogP contribution in [0.4, 0.5) is 18.0 Å². The number of hydrogen-bond donors (Lipinski definition) is 2. The number of amides is 1. The van der Waals surface area contributed by atoms with Crippen LogP contribution in [0.25, 0.3) is 11.1 Å². The van der Waals surface area contributed by atoms with Gasteiger partial charge in [-0.25, -0.2) is 4.79 Å². The lowest BCUT2D eigenvalue weighted by Crippen LogP contribution is -2.51. The van der Waals surface area contributed by atoms with Gasteiger partial charge in [0.2, 0.25) is 0 Å². The van der Waals surface area contributed by atoms with Crippen molar-refractivity contribution in [3.63, 3.8) is 0 Å². The van der Waals surface area contributed by atoms with Crippen LogP contribution in [0.3, 0.4) is 0 Å². The molecule has 1 unspecified atom stereocenters. The van der Waals surface area contributed by atoms with E-state index >= 15 is 0 Å². The summed E-state index contributed by atoms with van der Waals surface area (Å²) in [5, 5.41) is 20.9. The summed E-state index contributed by atoms with van der Waals surface area (Å²) in [5.74, 6) is -0.168. The molecule has 4 rings (SSSR count). The molecule has 2 aromatic rings. The molecule has 2 fully saturated rings. The third kappa shape index (κ3) is 5.55. The average Bonchev–Trinajstić information content (AvgIpc) is 2.83. The molecular formula is C26H31F3N2O3. The van der Waals surface area contributed by atoms with Gasteiger partial charge < -0.3 is 15.1 Å². The van der Waals surface area contributed by atoms with Crippen LogP contribution in [-0.4, -0.2) is 64.4 Å². The molecule has 1 saturated heterocycles. The van der Waals surface area contributed by atoms with Crippen molar-refractivity contribution in [1.82, 2.24) is 9.80 Å². The monoisotopic (exact) mass is 476 g/mol. The summed E-state index contributed by atoms with van der Waals surface area (Å²) in [6.07, 6.45) is -0.866. The van der Waals surface area contributed by atoms with Gasteiger partial charge in [-0.05, 0) is 41.7 Å².